The van der Waals surface area contributed by atoms with Crippen LogP contribution >= 0.6 is 0 Å². The largest absolute Gasteiger partial charge is 0.494 e. The molecular weight excluding hydrogens is 394 g/mol. The van der Waals surface area contributed by atoms with Crippen molar-refractivity contribution in [2.24, 2.45) is 0 Å². The van der Waals surface area contributed by atoms with Gasteiger partial charge in [-0.3, -0.25) is 9.59 Å². The summed E-state index contributed by atoms with van der Waals surface area (Å²) in [5.41, 5.74) is 2.74. The van der Waals surface area contributed by atoms with Crippen LogP contribution in [-0.4, -0.2) is 28.4 Å². The third-order valence-electron chi connectivity index (χ3n) is 5.14. The Labute approximate surface area is 180 Å². The minimum atomic E-state index is -0.535. The van der Waals surface area contributed by atoms with Crippen molar-refractivity contribution < 1.29 is 14.3 Å². The molecule has 1 aromatic heterocycles. The van der Waals surface area contributed by atoms with Crippen molar-refractivity contribution in [1.82, 2.24) is 15.1 Å². The molecule has 0 bridgehead atoms. The van der Waals surface area contributed by atoms with E-state index in [-0.39, 0.29) is 18.3 Å². The first-order chi connectivity index (χ1) is 15.0. The van der Waals surface area contributed by atoms with E-state index < -0.39 is 11.3 Å². The molecule has 0 saturated heterocycles. The van der Waals surface area contributed by atoms with Crippen molar-refractivity contribution in [3.05, 3.63) is 81.3 Å². The van der Waals surface area contributed by atoms with Gasteiger partial charge in [-0.25, -0.2) is 4.68 Å². The molecule has 4 rings (SSSR count). The van der Waals surface area contributed by atoms with E-state index in [1.54, 1.807) is 11.6 Å². The highest BCUT2D eigenvalue weighted by molar-refractivity contribution is 5.92. The molecule has 1 N–H and O–H groups in total. The van der Waals surface area contributed by atoms with Gasteiger partial charge in [-0.2, -0.15) is 5.10 Å². The van der Waals surface area contributed by atoms with Crippen LogP contribution in [0.1, 0.15) is 41.2 Å². The van der Waals surface area contributed by atoms with E-state index in [0.717, 1.165) is 29.0 Å². The van der Waals surface area contributed by atoms with E-state index in [2.05, 4.69) is 10.4 Å². The summed E-state index contributed by atoms with van der Waals surface area (Å²) < 4.78 is 13.2. The van der Waals surface area contributed by atoms with Gasteiger partial charge in [-0.05, 0) is 45.0 Å². The summed E-state index contributed by atoms with van der Waals surface area (Å²) in [7, 11) is 0. The molecule has 0 aliphatic carbocycles. The first-order valence-corrected chi connectivity index (χ1v) is 10.4. The first-order valence-electron chi connectivity index (χ1n) is 10.4. The maximum Gasteiger partial charge on any atom is 0.276 e. The number of amides is 1. The van der Waals surface area contributed by atoms with Gasteiger partial charge in [0.25, 0.3) is 5.91 Å². The number of benzene rings is 2. The van der Waals surface area contributed by atoms with Crippen LogP contribution in [0.15, 0.2) is 53.3 Å². The lowest BCUT2D eigenvalue weighted by Gasteiger charge is -2.14. The van der Waals surface area contributed by atoms with Crippen molar-refractivity contribution in [2.45, 2.75) is 39.8 Å². The van der Waals surface area contributed by atoms with Crippen LogP contribution in [0.4, 0.5) is 0 Å². The fourth-order valence-corrected chi connectivity index (χ4v) is 3.70. The zero-order chi connectivity index (χ0) is 22.0. The molecule has 0 spiro atoms. The summed E-state index contributed by atoms with van der Waals surface area (Å²) in [4.78, 5) is 25.3. The number of carbonyl (C=O) groups is 1. The Morgan fingerprint density at radius 2 is 2.03 bits per heavy atom. The van der Waals surface area contributed by atoms with Crippen molar-refractivity contribution in [3.63, 3.8) is 0 Å². The fourth-order valence-electron chi connectivity index (χ4n) is 3.70. The van der Waals surface area contributed by atoms with E-state index >= 15 is 0 Å². The fraction of sp³-hybridized carbons (Fsp3) is 0.292. The highest BCUT2D eigenvalue weighted by Gasteiger charge is 2.22. The molecule has 2 heterocycles. The molecule has 0 unspecified atom stereocenters. The zero-order valence-corrected chi connectivity index (χ0v) is 17.8. The minimum Gasteiger partial charge on any atom is -0.494 e. The van der Waals surface area contributed by atoms with Gasteiger partial charge in [-0.1, -0.05) is 18.2 Å². The van der Waals surface area contributed by atoms with Crippen molar-refractivity contribution >= 4 is 5.91 Å². The quantitative estimate of drug-likeness (QED) is 0.664. The van der Waals surface area contributed by atoms with Crippen LogP contribution in [0.3, 0.4) is 0 Å². The lowest BCUT2D eigenvalue weighted by Crippen LogP contribution is -2.31. The van der Waals surface area contributed by atoms with Crippen LogP contribution in [0.2, 0.25) is 0 Å². The summed E-state index contributed by atoms with van der Waals surface area (Å²) in [5, 5.41) is 7.12. The van der Waals surface area contributed by atoms with Crippen LogP contribution in [0, 0.1) is 6.92 Å². The van der Waals surface area contributed by atoms with Gasteiger partial charge in [0.2, 0.25) is 5.43 Å². The number of carbonyl (C=O) groups excluding carboxylic acids is 1. The lowest BCUT2D eigenvalue weighted by atomic mass is 10.1. The number of nitrogens with one attached hydrogen (secondary N) is 1. The van der Waals surface area contributed by atoms with E-state index in [9.17, 15) is 9.59 Å². The second-order valence-electron chi connectivity index (χ2n) is 7.56. The Hall–Kier alpha value is -3.61. The van der Waals surface area contributed by atoms with E-state index in [1.807, 2.05) is 56.3 Å². The molecule has 31 heavy (non-hydrogen) atoms. The molecule has 7 heteroatoms. The Morgan fingerprint density at radius 1 is 1.26 bits per heavy atom. The van der Waals surface area contributed by atoms with Crippen LogP contribution < -0.4 is 20.2 Å². The number of fused-ring (bicyclic) bond motifs is 1. The zero-order valence-electron chi connectivity index (χ0n) is 17.8. The SMILES string of the molecule is CCOc1cc2c(cc1CNC(=O)c1nn(-c3ccccc3)c(C)cc1=O)O[C@@H](C)C2. The molecule has 0 saturated carbocycles. The summed E-state index contributed by atoms with van der Waals surface area (Å²) in [6.07, 6.45) is 0.941. The molecule has 160 valence electrons. The Morgan fingerprint density at radius 3 is 2.77 bits per heavy atom. The minimum absolute atomic E-state index is 0.113. The third kappa shape index (κ3) is 4.30. The number of aromatic nitrogens is 2. The van der Waals surface area contributed by atoms with Crippen molar-refractivity contribution in [1.29, 1.82) is 0 Å². The maximum atomic E-state index is 12.8. The molecule has 2 aromatic carbocycles. The highest BCUT2D eigenvalue weighted by Crippen LogP contribution is 2.35. The number of aryl methyl sites for hydroxylation is 1. The number of ether oxygens (including phenoxy) is 2. The van der Waals surface area contributed by atoms with Crippen LogP contribution in [-0.2, 0) is 13.0 Å². The third-order valence-corrected chi connectivity index (χ3v) is 5.14. The molecule has 0 fully saturated rings. The standard InChI is InChI=1S/C24H25N3O4/c1-4-30-21-12-17-11-16(3)31-22(17)13-18(21)14-25-24(29)23-20(28)10-15(2)27(26-23)19-8-6-5-7-9-19/h5-10,12-13,16H,4,11,14H2,1-3H3,(H,25,29)/t16-/m0/s1. The van der Waals surface area contributed by atoms with Gasteiger partial charge in [0.15, 0.2) is 5.69 Å². The van der Waals surface area contributed by atoms with E-state index in [1.165, 1.54) is 6.07 Å². The summed E-state index contributed by atoms with van der Waals surface area (Å²) in [6.45, 7) is 6.42. The highest BCUT2D eigenvalue weighted by atomic mass is 16.5. The number of rotatable bonds is 6. The lowest BCUT2D eigenvalue weighted by molar-refractivity contribution is 0.0942. The average molecular weight is 419 g/mol. The van der Waals surface area contributed by atoms with Gasteiger partial charge in [-0.15, -0.1) is 0 Å². The van der Waals surface area contributed by atoms with E-state index in [0.29, 0.717) is 18.1 Å². The van der Waals surface area contributed by atoms with Gasteiger partial charge in [0.05, 0.1) is 12.3 Å². The second kappa shape index (κ2) is 8.63. The molecule has 1 amide bonds. The predicted molar refractivity (Wildman–Crippen MR) is 117 cm³/mol. The summed E-state index contributed by atoms with van der Waals surface area (Å²) in [5.74, 6) is 0.977. The summed E-state index contributed by atoms with van der Waals surface area (Å²) >= 11 is 0. The number of nitrogens with zero attached hydrogens (tertiary/aromatic N) is 2. The second-order valence-corrected chi connectivity index (χ2v) is 7.56. The number of para-hydroxylation sites is 1. The van der Waals surface area contributed by atoms with Crippen LogP contribution in [0.5, 0.6) is 11.5 Å². The van der Waals surface area contributed by atoms with Gasteiger partial charge in [0, 0.05) is 35.9 Å². The number of hydrogen-bond acceptors (Lipinski definition) is 5. The van der Waals surface area contributed by atoms with Gasteiger partial charge in [0.1, 0.15) is 17.6 Å². The van der Waals surface area contributed by atoms with Gasteiger partial charge < -0.3 is 14.8 Å². The number of hydrogen-bond donors (Lipinski definition) is 1. The van der Waals surface area contributed by atoms with Crippen LogP contribution in [0.25, 0.3) is 5.69 Å². The molecule has 1 aliphatic heterocycles. The first kappa shape index (κ1) is 20.7. The molecule has 7 nitrogen and oxygen atoms in total. The van der Waals surface area contributed by atoms with Crippen molar-refractivity contribution in [3.8, 4) is 17.2 Å². The molecule has 1 atom stereocenters. The smallest absolute Gasteiger partial charge is 0.276 e. The predicted octanol–water partition coefficient (Wildman–Crippen LogP) is 3.19. The normalized spacial score (nSPS) is 14.6. The van der Waals surface area contributed by atoms with Crippen molar-refractivity contribution in [2.75, 3.05) is 6.61 Å². The Bertz CT molecular complexity index is 1170. The van der Waals surface area contributed by atoms with Gasteiger partial charge >= 0.3 is 0 Å². The topological polar surface area (TPSA) is 82.5 Å². The summed E-state index contributed by atoms with van der Waals surface area (Å²) in [6, 6.07) is 14.7. The molecule has 3 aromatic rings. The molecule has 1 aliphatic rings. The Balaban J connectivity index is 1.59. The monoisotopic (exact) mass is 419 g/mol. The molecule has 0 radical (unpaired) electrons. The maximum absolute atomic E-state index is 12.8. The van der Waals surface area contributed by atoms with E-state index in [4.69, 9.17) is 9.47 Å². The molecular formula is C24H25N3O4. The average Bonchev–Trinajstić information content (AvgIpc) is 3.11. The Kier molecular flexibility index (Phi) is 5.75.